The predicted octanol–water partition coefficient (Wildman–Crippen LogP) is -3.00. The van der Waals surface area contributed by atoms with Crippen molar-refractivity contribution in [2.24, 2.45) is 10.9 Å². The Bertz CT molecular complexity index is 1500. The van der Waals surface area contributed by atoms with Crippen molar-refractivity contribution >= 4 is 56.3 Å². The van der Waals surface area contributed by atoms with Gasteiger partial charge in [0, 0.05) is 24.8 Å². The molecular formula is C20H27N11O9S2. The standard InChI is InChI=1S/C20H27N11O9S2/c21-4-1-5-23-19(36)24-6-10-7-25-30(28-10)8-12-14(16(33)31(12)42(37,38)39)27-15(32)13(11-9-41-18(22)26-11)29-40-20(2-3-20)17(34)35/h7,9,12,14H,1-6,8,21H2,(H2,22,26)(H,27,32)(H,34,35)(H2,23,24,36)(H,37,38,39)/t12-,14+/m1/s1. The number of carbonyl (C=O) groups excluding carboxylic acids is 3. The number of amides is 4. The molecular weight excluding hydrogens is 602 g/mol. The minimum atomic E-state index is -5.04. The molecule has 0 bridgehead atoms. The number of nitrogens with zero attached hydrogens (tertiary/aromatic N) is 6. The molecule has 1 saturated heterocycles. The molecule has 1 aliphatic heterocycles. The number of aliphatic carboxylic acids is 1. The molecule has 2 fully saturated rings. The van der Waals surface area contributed by atoms with Gasteiger partial charge in [-0.25, -0.2) is 18.9 Å². The highest BCUT2D eigenvalue weighted by Crippen LogP contribution is 2.40. The first-order chi connectivity index (χ1) is 19.8. The van der Waals surface area contributed by atoms with Gasteiger partial charge in [0.15, 0.2) is 10.8 Å². The van der Waals surface area contributed by atoms with Crippen molar-refractivity contribution < 1.29 is 42.1 Å². The molecule has 22 heteroatoms. The van der Waals surface area contributed by atoms with E-state index in [9.17, 15) is 37.3 Å². The summed E-state index contributed by atoms with van der Waals surface area (Å²) >= 11 is 0.955. The summed E-state index contributed by atoms with van der Waals surface area (Å²) < 4.78 is 33.6. The van der Waals surface area contributed by atoms with Crippen LogP contribution in [0.25, 0.3) is 0 Å². The molecule has 0 spiro atoms. The fourth-order valence-electron chi connectivity index (χ4n) is 3.75. The summed E-state index contributed by atoms with van der Waals surface area (Å²) in [5.41, 5.74) is 9.11. The van der Waals surface area contributed by atoms with Gasteiger partial charge in [-0.15, -0.1) is 11.3 Å². The summed E-state index contributed by atoms with van der Waals surface area (Å²) in [6.45, 7) is 0.355. The van der Waals surface area contributed by atoms with Crippen LogP contribution in [0.1, 0.15) is 30.7 Å². The zero-order valence-electron chi connectivity index (χ0n) is 21.7. The van der Waals surface area contributed by atoms with E-state index in [1.165, 1.54) is 11.6 Å². The molecule has 2 aromatic rings. The first-order valence-corrected chi connectivity index (χ1v) is 14.6. The fraction of sp³-hybridized carbons (Fsp3) is 0.500. The van der Waals surface area contributed by atoms with E-state index in [1.807, 2.05) is 0 Å². The van der Waals surface area contributed by atoms with Crippen molar-refractivity contribution in [3.8, 4) is 0 Å². The van der Waals surface area contributed by atoms with E-state index in [0.29, 0.717) is 19.5 Å². The molecule has 228 valence electrons. The van der Waals surface area contributed by atoms with Gasteiger partial charge >= 0.3 is 22.3 Å². The van der Waals surface area contributed by atoms with Gasteiger partial charge < -0.3 is 37.4 Å². The largest absolute Gasteiger partial charge is 0.478 e. The third-order valence-corrected chi connectivity index (χ3v) is 7.74. The van der Waals surface area contributed by atoms with E-state index in [4.69, 9.17) is 16.3 Å². The van der Waals surface area contributed by atoms with Crippen LogP contribution in [0, 0.1) is 0 Å². The molecule has 0 radical (unpaired) electrons. The number of aromatic nitrogens is 4. The van der Waals surface area contributed by atoms with E-state index >= 15 is 0 Å². The Morgan fingerprint density at radius 2 is 2.02 bits per heavy atom. The van der Waals surface area contributed by atoms with Crippen LogP contribution in [-0.2, 0) is 42.6 Å². The van der Waals surface area contributed by atoms with Crippen molar-refractivity contribution in [3.05, 3.63) is 23.0 Å². The third kappa shape index (κ3) is 6.89. The van der Waals surface area contributed by atoms with E-state index in [-0.39, 0.29) is 40.2 Å². The summed E-state index contributed by atoms with van der Waals surface area (Å²) in [4.78, 5) is 59.2. The number of anilines is 1. The van der Waals surface area contributed by atoms with Crippen molar-refractivity contribution in [1.29, 1.82) is 0 Å². The highest BCUT2D eigenvalue weighted by molar-refractivity contribution is 7.84. The Morgan fingerprint density at radius 1 is 1.29 bits per heavy atom. The Balaban J connectivity index is 1.47. The van der Waals surface area contributed by atoms with Crippen molar-refractivity contribution in [2.45, 2.75) is 50.0 Å². The maximum absolute atomic E-state index is 13.2. The van der Waals surface area contributed by atoms with Gasteiger partial charge in [0.2, 0.25) is 5.60 Å². The zero-order chi connectivity index (χ0) is 30.7. The van der Waals surface area contributed by atoms with Crippen LogP contribution >= 0.6 is 11.3 Å². The van der Waals surface area contributed by atoms with Crippen LogP contribution in [0.15, 0.2) is 16.7 Å². The number of nitrogens with one attached hydrogen (secondary N) is 3. The van der Waals surface area contributed by atoms with Gasteiger partial charge in [0.1, 0.15) is 23.5 Å². The van der Waals surface area contributed by atoms with Crippen LogP contribution in [0.3, 0.4) is 0 Å². The Morgan fingerprint density at radius 3 is 2.62 bits per heavy atom. The monoisotopic (exact) mass is 629 g/mol. The highest BCUT2D eigenvalue weighted by atomic mass is 32.2. The maximum Gasteiger partial charge on any atom is 0.362 e. The van der Waals surface area contributed by atoms with Crippen molar-refractivity contribution in [1.82, 2.24) is 40.2 Å². The average Bonchev–Trinajstić information content (AvgIpc) is 3.38. The predicted molar refractivity (Wildman–Crippen MR) is 142 cm³/mol. The summed E-state index contributed by atoms with van der Waals surface area (Å²) in [7, 11) is -5.04. The van der Waals surface area contributed by atoms with Crippen molar-refractivity contribution in [3.63, 3.8) is 0 Å². The van der Waals surface area contributed by atoms with Crippen LogP contribution in [0.2, 0.25) is 0 Å². The average molecular weight is 630 g/mol. The minimum absolute atomic E-state index is 0.0331. The maximum atomic E-state index is 13.2. The first kappa shape index (κ1) is 30.5. The molecule has 2 aliphatic rings. The summed E-state index contributed by atoms with van der Waals surface area (Å²) in [6, 6.07) is -3.35. The normalized spacial score (nSPS) is 19.5. The lowest BCUT2D eigenvalue weighted by atomic mass is 9.98. The lowest BCUT2D eigenvalue weighted by molar-refractivity contribution is -0.153. The Hall–Kier alpha value is -4.41. The number of carboxylic acid groups (broad SMARTS) is 1. The number of rotatable bonds is 14. The number of nitrogens with two attached hydrogens (primary N) is 2. The van der Waals surface area contributed by atoms with Gasteiger partial charge in [-0.05, 0) is 13.0 Å². The number of urea groups is 1. The molecule has 4 amide bonds. The lowest BCUT2D eigenvalue weighted by Gasteiger charge is -2.43. The minimum Gasteiger partial charge on any atom is -0.478 e. The SMILES string of the molecule is NCCCNC(=O)NCc1cnn(C[C@@H]2[C@H](NC(=O)C(=NOC3(C(=O)O)CC3)c3csc(N)n3)C(=O)N2S(=O)(=O)O)n1. The Labute approximate surface area is 241 Å². The second-order valence-corrected chi connectivity index (χ2v) is 11.4. The van der Waals surface area contributed by atoms with Crippen LogP contribution in [0.4, 0.5) is 9.93 Å². The summed E-state index contributed by atoms with van der Waals surface area (Å²) in [5.74, 6) is -3.50. The quantitative estimate of drug-likeness (QED) is 0.0360. The van der Waals surface area contributed by atoms with Gasteiger partial charge in [-0.1, -0.05) is 5.16 Å². The molecule has 4 rings (SSSR count). The number of hydrogen-bond acceptors (Lipinski definition) is 14. The Kier molecular flexibility index (Phi) is 8.89. The molecule has 3 heterocycles. The van der Waals surface area contributed by atoms with Gasteiger partial charge in [-0.2, -0.15) is 23.4 Å². The molecule has 42 heavy (non-hydrogen) atoms. The number of carbonyl (C=O) groups is 4. The number of hydrogen-bond donors (Lipinski definition) is 7. The molecule has 20 nitrogen and oxygen atoms in total. The number of oxime groups is 1. The van der Waals surface area contributed by atoms with E-state index in [2.05, 4.69) is 36.3 Å². The smallest absolute Gasteiger partial charge is 0.362 e. The van der Waals surface area contributed by atoms with Crippen LogP contribution in [-0.4, -0.2) is 103 Å². The summed E-state index contributed by atoms with van der Waals surface area (Å²) in [5, 5.41) is 30.0. The van der Waals surface area contributed by atoms with E-state index < -0.39 is 64.1 Å². The zero-order valence-corrected chi connectivity index (χ0v) is 23.3. The first-order valence-electron chi connectivity index (χ1n) is 12.3. The van der Waals surface area contributed by atoms with Crippen molar-refractivity contribution in [2.75, 3.05) is 18.8 Å². The molecule has 2 atom stereocenters. The number of β-lactam (4-membered cyclic amide) rings is 1. The van der Waals surface area contributed by atoms with Gasteiger partial charge in [0.25, 0.3) is 11.8 Å². The molecule has 2 aromatic heterocycles. The van der Waals surface area contributed by atoms with Crippen LogP contribution in [0.5, 0.6) is 0 Å². The summed E-state index contributed by atoms with van der Waals surface area (Å²) in [6.07, 6.45) is 2.18. The second kappa shape index (κ2) is 12.2. The van der Waals surface area contributed by atoms with Gasteiger partial charge in [0.05, 0.1) is 19.3 Å². The fourth-order valence-corrected chi connectivity index (χ4v) is 5.17. The molecule has 1 saturated carbocycles. The van der Waals surface area contributed by atoms with E-state index in [0.717, 1.165) is 16.1 Å². The van der Waals surface area contributed by atoms with Crippen LogP contribution < -0.4 is 27.4 Å². The number of carboxylic acids is 1. The van der Waals surface area contributed by atoms with Gasteiger partial charge in [-0.3, -0.25) is 14.1 Å². The number of nitrogen functional groups attached to an aromatic ring is 1. The molecule has 0 aromatic carbocycles. The van der Waals surface area contributed by atoms with E-state index in [1.54, 1.807) is 0 Å². The highest BCUT2D eigenvalue weighted by Gasteiger charge is 2.56. The third-order valence-electron chi connectivity index (χ3n) is 6.12. The molecule has 0 unspecified atom stereocenters. The molecule has 1 aliphatic carbocycles. The number of thiazole rings is 1. The second-order valence-electron chi connectivity index (χ2n) is 9.17. The lowest BCUT2D eigenvalue weighted by Crippen LogP contribution is -2.73. The molecule has 9 N–H and O–H groups in total. The topological polar surface area (TPSA) is 299 Å².